The van der Waals surface area contributed by atoms with Crippen LogP contribution >= 0.6 is 11.6 Å². The van der Waals surface area contributed by atoms with Gasteiger partial charge in [0.25, 0.3) is 5.91 Å². The molecule has 2 bridgehead atoms. The first kappa shape index (κ1) is 18.5. The third kappa shape index (κ3) is 2.80. The highest BCUT2D eigenvalue weighted by Crippen LogP contribution is 2.62. The monoisotopic (exact) mass is 385 g/mol. The third-order valence-corrected chi connectivity index (χ3v) is 7.37. The maximum Gasteiger partial charge on any atom is 0.272 e. The van der Waals surface area contributed by atoms with Gasteiger partial charge in [0.15, 0.2) is 0 Å². The molecule has 1 aromatic heterocycles. The number of carbonyl (C=O) groups excluding carboxylic acids is 1. The standard InChI is InChI=1S/C22H28ClN3O/c1-13-18(24-14(2)26(13)17-8-6-16(23)7-9-17)19(27)25-20-21(3,4)15-10-11-22(20,5)12-15/h6-9,15,20H,10-12H2,1-5H3,(H,25,27)/t15-,20-,22+/m1/s1. The summed E-state index contributed by atoms with van der Waals surface area (Å²) in [6.07, 6.45) is 3.69. The number of nitrogens with one attached hydrogen (secondary N) is 1. The Kier molecular flexibility index (Phi) is 4.19. The van der Waals surface area contributed by atoms with Crippen molar-refractivity contribution >= 4 is 17.5 Å². The summed E-state index contributed by atoms with van der Waals surface area (Å²) in [4.78, 5) is 17.8. The van der Waals surface area contributed by atoms with Crippen molar-refractivity contribution in [3.05, 3.63) is 46.5 Å². The minimum atomic E-state index is -0.0600. The smallest absolute Gasteiger partial charge is 0.272 e. The molecule has 5 heteroatoms. The van der Waals surface area contributed by atoms with Crippen molar-refractivity contribution in [2.24, 2.45) is 16.7 Å². The maximum absolute atomic E-state index is 13.2. The molecule has 1 N–H and O–H groups in total. The number of carbonyl (C=O) groups is 1. The van der Waals surface area contributed by atoms with Crippen LogP contribution < -0.4 is 5.32 Å². The lowest BCUT2D eigenvalue weighted by atomic mass is 9.68. The summed E-state index contributed by atoms with van der Waals surface area (Å²) < 4.78 is 2.01. The minimum Gasteiger partial charge on any atom is -0.347 e. The van der Waals surface area contributed by atoms with Crippen LogP contribution in [0.5, 0.6) is 0 Å². The quantitative estimate of drug-likeness (QED) is 0.800. The van der Waals surface area contributed by atoms with E-state index in [1.165, 1.54) is 19.3 Å². The first-order valence-corrected chi connectivity index (χ1v) is 10.1. The summed E-state index contributed by atoms with van der Waals surface area (Å²) in [5, 5.41) is 4.06. The van der Waals surface area contributed by atoms with E-state index in [4.69, 9.17) is 11.6 Å². The van der Waals surface area contributed by atoms with Gasteiger partial charge in [-0.1, -0.05) is 32.4 Å². The highest BCUT2D eigenvalue weighted by atomic mass is 35.5. The van der Waals surface area contributed by atoms with Gasteiger partial charge in [0.2, 0.25) is 0 Å². The molecule has 0 spiro atoms. The van der Waals surface area contributed by atoms with Crippen LogP contribution in [0.25, 0.3) is 5.69 Å². The molecule has 1 heterocycles. The fraction of sp³-hybridized carbons (Fsp3) is 0.545. The Bertz CT molecular complexity index is 894. The van der Waals surface area contributed by atoms with Gasteiger partial charge < -0.3 is 9.88 Å². The minimum absolute atomic E-state index is 0.0600. The number of nitrogens with zero attached hydrogens (tertiary/aromatic N) is 2. The van der Waals surface area contributed by atoms with Crippen molar-refractivity contribution < 1.29 is 4.79 Å². The molecule has 1 amide bonds. The molecule has 2 aromatic rings. The highest BCUT2D eigenvalue weighted by Gasteiger charge is 2.59. The van der Waals surface area contributed by atoms with E-state index in [0.29, 0.717) is 16.6 Å². The van der Waals surface area contributed by atoms with Gasteiger partial charge >= 0.3 is 0 Å². The topological polar surface area (TPSA) is 46.9 Å². The Hall–Kier alpha value is -1.81. The van der Waals surface area contributed by atoms with Crippen LogP contribution in [0.4, 0.5) is 0 Å². The van der Waals surface area contributed by atoms with Gasteiger partial charge in [-0.15, -0.1) is 0 Å². The highest BCUT2D eigenvalue weighted by molar-refractivity contribution is 6.30. The summed E-state index contributed by atoms with van der Waals surface area (Å²) in [7, 11) is 0. The van der Waals surface area contributed by atoms with E-state index in [1.54, 1.807) is 0 Å². The number of hydrogen-bond acceptors (Lipinski definition) is 2. The Balaban J connectivity index is 1.64. The lowest BCUT2D eigenvalue weighted by molar-refractivity contribution is 0.0733. The number of hydrogen-bond donors (Lipinski definition) is 1. The number of aryl methyl sites for hydroxylation is 1. The summed E-state index contributed by atoms with van der Waals surface area (Å²) in [6, 6.07) is 7.80. The van der Waals surface area contributed by atoms with Gasteiger partial charge in [0.1, 0.15) is 11.5 Å². The molecule has 2 aliphatic carbocycles. The van der Waals surface area contributed by atoms with E-state index >= 15 is 0 Å². The Labute approximate surface area is 166 Å². The molecule has 0 saturated heterocycles. The predicted molar refractivity (Wildman–Crippen MR) is 109 cm³/mol. The van der Waals surface area contributed by atoms with Crippen LogP contribution in [0.1, 0.15) is 62.0 Å². The number of halogens is 1. The molecular formula is C22H28ClN3O. The van der Waals surface area contributed by atoms with Crippen molar-refractivity contribution in [1.82, 2.24) is 14.9 Å². The van der Waals surface area contributed by atoms with Gasteiger partial charge in [0.05, 0.1) is 5.69 Å². The number of rotatable bonds is 3. The Morgan fingerprint density at radius 3 is 2.48 bits per heavy atom. The average molecular weight is 386 g/mol. The molecule has 4 nitrogen and oxygen atoms in total. The van der Waals surface area contributed by atoms with E-state index < -0.39 is 0 Å². The zero-order chi connectivity index (χ0) is 19.6. The molecule has 4 rings (SSSR count). The number of fused-ring (bicyclic) bond motifs is 2. The molecule has 1 aromatic carbocycles. The molecule has 2 aliphatic rings. The molecule has 3 atom stereocenters. The van der Waals surface area contributed by atoms with E-state index in [0.717, 1.165) is 17.2 Å². The molecule has 2 saturated carbocycles. The maximum atomic E-state index is 13.2. The first-order chi connectivity index (χ1) is 12.6. The van der Waals surface area contributed by atoms with Crippen LogP contribution in [0.2, 0.25) is 5.02 Å². The van der Waals surface area contributed by atoms with Gasteiger partial charge in [0, 0.05) is 16.8 Å². The molecule has 0 aliphatic heterocycles. The number of aromatic nitrogens is 2. The number of benzene rings is 1. The SMILES string of the molecule is Cc1nc(C(=O)N[C@@H]2C(C)(C)[C@@H]3CC[C@@]2(C)C3)c(C)n1-c1ccc(Cl)cc1. The van der Waals surface area contributed by atoms with Gasteiger partial charge in [-0.3, -0.25) is 4.79 Å². The number of amides is 1. The lowest BCUT2D eigenvalue weighted by Gasteiger charge is -2.43. The fourth-order valence-electron chi connectivity index (χ4n) is 5.69. The van der Waals surface area contributed by atoms with Gasteiger partial charge in [-0.25, -0.2) is 4.98 Å². The molecule has 2 fully saturated rings. The number of imidazole rings is 1. The zero-order valence-electron chi connectivity index (χ0n) is 16.8. The fourth-order valence-corrected chi connectivity index (χ4v) is 5.81. The summed E-state index contributed by atoms with van der Waals surface area (Å²) in [6.45, 7) is 10.8. The average Bonchev–Trinajstić information content (AvgIpc) is 3.19. The van der Waals surface area contributed by atoms with Crippen molar-refractivity contribution in [1.29, 1.82) is 0 Å². The molecule has 27 heavy (non-hydrogen) atoms. The van der Waals surface area contributed by atoms with Crippen LogP contribution in [0.15, 0.2) is 24.3 Å². The van der Waals surface area contributed by atoms with Crippen molar-refractivity contribution in [2.45, 2.75) is 59.9 Å². The third-order valence-electron chi connectivity index (χ3n) is 7.12. The summed E-state index contributed by atoms with van der Waals surface area (Å²) in [5.74, 6) is 1.44. The molecule has 144 valence electrons. The van der Waals surface area contributed by atoms with Gasteiger partial charge in [-0.2, -0.15) is 0 Å². The van der Waals surface area contributed by atoms with Crippen molar-refractivity contribution in [3.8, 4) is 5.69 Å². The Morgan fingerprint density at radius 1 is 1.22 bits per heavy atom. The first-order valence-electron chi connectivity index (χ1n) is 9.76. The van der Waals surface area contributed by atoms with Crippen molar-refractivity contribution in [2.75, 3.05) is 0 Å². The van der Waals surface area contributed by atoms with Crippen molar-refractivity contribution in [3.63, 3.8) is 0 Å². The second kappa shape index (κ2) is 6.10. The lowest BCUT2D eigenvalue weighted by Crippen LogP contribution is -2.52. The predicted octanol–water partition coefficient (Wildman–Crippen LogP) is 5.09. The van der Waals surface area contributed by atoms with Crippen LogP contribution in [0.3, 0.4) is 0 Å². The summed E-state index contributed by atoms with van der Waals surface area (Å²) in [5.41, 5.74) is 2.67. The molecule has 0 radical (unpaired) electrons. The van der Waals surface area contributed by atoms with Crippen LogP contribution in [-0.2, 0) is 0 Å². The zero-order valence-corrected chi connectivity index (χ0v) is 17.5. The molecular weight excluding hydrogens is 358 g/mol. The van der Waals surface area contributed by atoms with Gasteiger partial charge in [-0.05, 0) is 74.1 Å². The second-order valence-corrected chi connectivity index (χ2v) is 9.66. The largest absolute Gasteiger partial charge is 0.347 e. The summed E-state index contributed by atoms with van der Waals surface area (Å²) >= 11 is 6.01. The van der Waals surface area contributed by atoms with E-state index in [-0.39, 0.29) is 22.8 Å². The second-order valence-electron chi connectivity index (χ2n) is 9.23. The van der Waals surface area contributed by atoms with Crippen LogP contribution in [0, 0.1) is 30.6 Å². The Morgan fingerprint density at radius 2 is 1.89 bits per heavy atom. The normalized spacial score (nSPS) is 28.5. The van der Waals surface area contributed by atoms with Crippen LogP contribution in [-0.4, -0.2) is 21.5 Å². The van der Waals surface area contributed by atoms with E-state index in [9.17, 15) is 4.79 Å². The van der Waals surface area contributed by atoms with E-state index in [2.05, 4.69) is 31.1 Å². The van der Waals surface area contributed by atoms with E-state index in [1.807, 2.05) is 42.7 Å². The molecule has 0 unspecified atom stereocenters.